The number of sulfonamides is 1. The molecule has 0 radical (unpaired) electrons. The Morgan fingerprint density at radius 3 is 2.06 bits per heavy atom. The minimum Gasteiger partial charge on any atom is -0.497 e. The second kappa shape index (κ2) is 16.1. The molecule has 0 heterocycles. The summed E-state index contributed by atoms with van der Waals surface area (Å²) in [6, 6.07) is 28.6. The largest absolute Gasteiger partial charge is 0.497 e. The van der Waals surface area contributed by atoms with Gasteiger partial charge in [0.25, 0.3) is 10.0 Å². The molecule has 4 aromatic carbocycles. The van der Waals surface area contributed by atoms with E-state index in [-0.39, 0.29) is 29.1 Å². The molecule has 0 aliphatic heterocycles. The molecule has 4 aromatic rings. The molecule has 0 bridgehead atoms. The third kappa shape index (κ3) is 9.13. The van der Waals surface area contributed by atoms with Gasteiger partial charge in [-0.2, -0.15) is 0 Å². The molecular weight excluding hydrogens is 614 g/mol. The molecule has 4 rings (SSSR count). The van der Waals surface area contributed by atoms with Crippen molar-refractivity contribution < 1.29 is 27.5 Å². The Bertz CT molecular complexity index is 1730. The van der Waals surface area contributed by atoms with Crippen molar-refractivity contribution >= 4 is 27.5 Å². The van der Waals surface area contributed by atoms with Gasteiger partial charge < -0.3 is 19.7 Å². The Labute approximate surface area is 278 Å². The predicted molar refractivity (Wildman–Crippen MR) is 184 cm³/mol. The second-order valence-corrected chi connectivity index (χ2v) is 13.2. The number of methoxy groups -OCH3 is 1. The second-order valence-electron chi connectivity index (χ2n) is 11.3. The highest BCUT2D eigenvalue weighted by molar-refractivity contribution is 7.92. The molecule has 0 saturated heterocycles. The first-order chi connectivity index (χ1) is 22.5. The summed E-state index contributed by atoms with van der Waals surface area (Å²) in [6.07, 6.45) is 1.05. The lowest BCUT2D eigenvalue weighted by atomic mass is 10.1. The van der Waals surface area contributed by atoms with E-state index in [1.165, 1.54) is 17.0 Å². The molecule has 47 heavy (non-hydrogen) atoms. The first-order valence-electron chi connectivity index (χ1n) is 15.7. The van der Waals surface area contributed by atoms with Crippen LogP contribution in [0.15, 0.2) is 108 Å². The summed E-state index contributed by atoms with van der Waals surface area (Å²) < 4.78 is 40.8. The number of benzene rings is 4. The van der Waals surface area contributed by atoms with Crippen LogP contribution >= 0.6 is 0 Å². The van der Waals surface area contributed by atoms with E-state index in [1.807, 2.05) is 70.2 Å². The van der Waals surface area contributed by atoms with Crippen LogP contribution in [0.4, 0.5) is 5.69 Å². The lowest BCUT2D eigenvalue weighted by molar-refractivity contribution is -0.140. The quantitative estimate of drug-likeness (QED) is 0.152. The van der Waals surface area contributed by atoms with Crippen LogP contribution in [0.25, 0.3) is 0 Å². The molecule has 2 amide bonds. The zero-order valence-corrected chi connectivity index (χ0v) is 28.4. The monoisotopic (exact) mass is 657 g/mol. The highest BCUT2D eigenvalue weighted by atomic mass is 32.2. The Balaban J connectivity index is 1.73. The highest BCUT2D eigenvalue weighted by Crippen LogP contribution is 2.29. The number of para-hydroxylation sites is 1. The first-order valence-corrected chi connectivity index (χ1v) is 17.1. The smallest absolute Gasteiger partial charge is 0.264 e. The lowest BCUT2D eigenvalue weighted by Crippen LogP contribution is -2.53. The first kappa shape index (κ1) is 35.0. The summed E-state index contributed by atoms with van der Waals surface area (Å²) in [4.78, 5) is 29.4. The fourth-order valence-corrected chi connectivity index (χ4v) is 6.41. The van der Waals surface area contributed by atoms with E-state index >= 15 is 0 Å². The number of aryl methyl sites for hydroxylation is 1. The number of hydrogen-bond acceptors (Lipinski definition) is 6. The van der Waals surface area contributed by atoms with Gasteiger partial charge in [0.05, 0.1) is 17.7 Å². The number of nitrogens with one attached hydrogen (secondary N) is 1. The van der Waals surface area contributed by atoms with Crippen LogP contribution < -0.4 is 19.1 Å². The van der Waals surface area contributed by atoms with Crippen molar-refractivity contribution in [1.29, 1.82) is 0 Å². The molecule has 0 spiro atoms. The van der Waals surface area contributed by atoms with Crippen molar-refractivity contribution in [2.24, 2.45) is 0 Å². The SMILES string of the molecule is CC[C@H](C)NC(=O)[C@H](CC)N(Cc1cccc(OC)c1)C(=O)CN(c1ccc(Oc2ccccc2)cc1)S(=O)(=O)c1ccc(C)cc1. The lowest BCUT2D eigenvalue weighted by Gasteiger charge is -2.33. The van der Waals surface area contributed by atoms with Crippen LogP contribution in [-0.4, -0.2) is 50.9 Å². The molecule has 0 fully saturated rings. The van der Waals surface area contributed by atoms with Crippen molar-refractivity contribution in [3.63, 3.8) is 0 Å². The number of ether oxygens (including phenoxy) is 2. The number of rotatable bonds is 15. The van der Waals surface area contributed by atoms with Gasteiger partial charge in [-0.05, 0) is 92.9 Å². The van der Waals surface area contributed by atoms with Gasteiger partial charge >= 0.3 is 0 Å². The normalized spacial score (nSPS) is 12.4. The number of carbonyl (C=O) groups is 2. The molecule has 0 aliphatic rings. The average Bonchev–Trinajstić information content (AvgIpc) is 3.08. The average molecular weight is 658 g/mol. The van der Waals surface area contributed by atoms with Crippen molar-refractivity contribution in [2.45, 2.75) is 64.1 Å². The number of anilines is 1. The minimum absolute atomic E-state index is 0.0430. The summed E-state index contributed by atoms with van der Waals surface area (Å²) in [5.74, 6) is 0.918. The summed E-state index contributed by atoms with van der Waals surface area (Å²) in [5, 5.41) is 2.99. The van der Waals surface area contributed by atoms with Crippen molar-refractivity contribution in [2.75, 3.05) is 18.0 Å². The Morgan fingerprint density at radius 2 is 1.45 bits per heavy atom. The predicted octanol–water partition coefficient (Wildman–Crippen LogP) is 6.71. The van der Waals surface area contributed by atoms with Gasteiger partial charge in [0.2, 0.25) is 11.8 Å². The molecule has 1 N–H and O–H groups in total. The molecule has 248 valence electrons. The molecule has 0 unspecified atom stereocenters. The van der Waals surface area contributed by atoms with Crippen molar-refractivity contribution in [3.05, 3.63) is 114 Å². The summed E-state index contributed by atoms with van der Waals surface area (Å²) >= 11 is 0. The maximum Gasteiger partial charge on any atom is 0.264 e. The Morgan fingerprint density at radius 1 is 0.809 bits per heavy atom. The van der Waals surface area contributed by atoms with Gasteiger partial charge in [0.1, 0.15) is 29.8 Å². The third-order valence-corrected chi connectivity index (χ3v) is 9.65. The highest BCUT2D eigenvalue weighted by Gasteiger charge is 2.34. The Hall–Kier alpha value is -4.83. The maximum absolute atomic E-state index is 14.4. The van der Waals surface area contributed by atoms with Crippen LogP contribution in [0.2, 0.25) is 0 Å². The molecule has 0 aliphatic carbocycles. The topological polar surface area (TPSA) is 105 Å². The van der Waals surface area contributed by atoms with Gasteiger partial charge in [-0.3, -0.25) is 13.9 Å². The summed E-state index contributed by atoms with van der Waals surface area (Å²) in [5.41, 5.74) is 1.91. The van der Waals surface area contributed by atoms with E-state index < -0.39 is 28.5 Å². The van der Waals surface area contributed by atoms with Crippen LogP contribution in [0, 0.1) is 6.92 Å². The van der Waals surface area contributed by atoms with Gasteiger partial charge in [-0.25, -0.2) is 8.42 Å². The van der Waals surface area contributed by atoms with Gasteiger partial charge in [0, 0.05) is 12.6 Å². The fraction of sp³-hybridized carbons (Fsp3) is 0.297. The van der Waals surface area contributed by atoms with Gasteiger partial charge in [-0.1, -0.05) is 61.9 Å². The third-order valence-electron chi connectivity index (χ3n) is 7.87. The molecule has 10 heteroatoms. The van der Waals surface area contributed by atoms with Crippen LogP contribution in [0.3, 0.4) is 0 Å². The van der Waals surface area contributed by atoms with E-state index in [1.54, 1.807) is 55.6 Å². The maximum atomic E-state index is 14.4. The number of amides is 2. The molecule has 9 nitrogen and oxygen atoms in total. The van der Waals surface area contributed by atoms with Crippen molar-refractivity contribution in [3.8, 4) is 17.2 Å². The fourth-order valence-electron chi connectivity index (χ4n) is 5.00. The van der Waals surface area contributed by atoms with E-state index in [0.717, 1.165) is 21.9 Å². The number of hydrogen-bond donors (Lipinski definition) is 1. The zero-order chi connectivity index (χ0) is 34.0. The van der Waals surface area contributed by atoms with E-state index in [2.05, 4.69) is 5.32 Å². The zero-order valence-electron chi connectivity index (χ0n) is 27.6. The molecule has 0 saturated carbocycles. The molecular formula is C37H43N3O6S. The van der Waals surface area contributed by atoms with Crippen molar-refractivity contribution in [1.82, 2.24) is 10.2 Å². The summed E-state index contributed by atoms with van der Waals surface area (Å²) in [7, 11) is -2.65. The summed E-state index contributed by atoms with van der Waals surface area (Å²) in [6.45, 7) is 7.11. The molecule has 0 aromatic heterocycles. The standard InChI is InChI=1S/C37H43N3O6S/c1-6-28(4)38-37(42)35(7-2)39(25-29-12-11-15-33(24-29)45-5)36(41)26-40(47(43,44)34-22-16-27(3)17-23-34)30-18-20-32(21-19-30)46-31-13-9-8-10-14-31/h8-24,28,35H,6-7,25-26H2,1-5H3,(H,38,42)/t28-,35-/m0/s1. The molecule has 2 atom stereocenters. The number of carbonyl (C=O) groups excluding carboxylic acids is 2. The van der Waals surface area contributed by atoms with Crippen LogP contribution in [0.1, 0.15) is 44.7 Å². The van der Waals surface area contributed by atoms with E-state index in [0.29, 0.717) is 23.7 Å². The Kier molecular flexibility index (Phi) is 12.0. The van der Waals surface area contributed by atoms with Gasteiger partial charge in [-0.15, -0.1) is 0 Å². The van der Waals surface area contributed by atoms with E-state index in [9.17, 15) is 18.0 Å². The van der Waals surface area contributed by atoms with Crippen LogP contribution in [0.5, 0.6) is 17.2 Å². The van der Waals surface area contributed by atoms with Crippen LogP contribution in [-0.2, 0) is 26.2 Å². The van der Waals surface area contributed by atoms with Gasteiger partial charge in [0.15, 0.2) is 0 Å². The minimum atomic E-state index is -4.21. The number of nitrogens with zero attached hydrogens (tertiary/aromatic N) is 2. The van der Waals surface area contributed by atoms with E-state index in [4.69, 9.17) is 9.47 Å².